The first-order chi connectivity index (χ1) is 11.0. The van der Waals surface area contributed by atoms with Crippen molar-refractivity contribution in [3.63, 3.8) is 0 Å². The molecule has 0 spiro atoms. The molecule has 8 nitrogen and oxygen atoms in total. The van der Waals surface area contributed by atoms with E-state index < -0.39 is 37.1 Å². The number of aliphatic hydroxyl groups excluding tert-OH is 1. The lowest BCUT2D eigenvalue weighted by Crippen LogP contribution is -2.52. The van der Waals surface area contributed by atoms with E-state index in [9.17, 15) is 14.4 Å². The highest BCUT2D eigenvalue weighted by Crippen LogP contribution is 2.20. The van der Waals surface area contributed by atoms with Crippen LogP contribution in [0.3, 0.4) is 0 Å². The van der Waals surface area contributed by atoms with Crippen LogP contribution in [0, 0.1) is 0 Å². The summed E-state index contributed by atoms with van der Waals surface area (Å²) in [5, 5.41) is 8.85. The molecule has 23 heavy (non-hydrogen) atoms. The van der Waals surface area contributed by atoms with Crippen LogP contribution in [0.25, 0.3) is 0 Å². The molecule has 0 fully saturated rings. The van der Waals surface area contributed by atoms with Gasteiger partial charge < -0.3 is 19.3 Å². The molecule has 0 saturated heterocycles. The average molecular weight is 370 g/mol. The number of ether oxygens (including phenoxy) is 4. The molecule has 0 aromatic carbocycles. The quantitative estimate of drug-likeness (QED) is 0.195. The van der Waals surface area contributed by atoms with E-state index in [4.69, 9.17) is 24.1 Å². The fourth-order valence-corrected chi connectivity index (χ4v) is 1.50. The lowest BCUT2D eigenvalue weighted by atomic mass is 10.3. The number of hydrogen-bond donors (Lipinski definition) is 3. The van der Waals surface area contributed by atoms with Crippen molar-refractivity contribution in [2.45, 2.75) is 32.2 Å². The fraction of sp³-hybridized carbons (Fsp3) is 0.769. The van der Waals surface area contributed by atoms with Crippen LogP contribution in [0.1, 0.15) is 26.2 Å². The van der Waals surface area contributed by atoms with Gasteiger partial charge in [-0.05, 0) is 6.42 Å². The molecular formula is C13H22O8S2. The van der Waals surface area contributed by atoms with Crippen LogP contribution in [0.4, 0.5) is 0 Å². The Kier molecular flexibility index (Phi) is 11.9. The van der Waals surface area contributed by atoms with Crippen LogP contribution in [-0.2, 0) is 33.3 Å². The number of carbonyl (C=O) groups is 3. The number of rotatable bonds is 12. The van der Waals surface area contributed by atoms with Crippen LogP contribution in [0.2, 0.25) is 0 Å². The summed E-state index contributed by atoms with van der Waals surface area (Å²) < 4.78 is 19.5. The van der Waals surface area contributed by atoms with E-state index in [-0.39, 0.29) is 18.1 Å². The maximum Gasteiger partial charge on any atom is 0.481 e. The van der Waals surface area contributed by atoms with Crippen molar-refractivity contribution in [2.75, 3.05) is 31.3 Å². The van der Waals surface area contributed by atoms with Gasteiger partial charge in [0.1, 0.15) is 0 Å². The van der Waals surface area contributed by atoms with E-state index in [1.54, 1.807) is 0 Å². The molecule has 0 heterocycles. The maximum absolute atomic E-state index is 12.2. The van der Waals surface area contributed by atoms with Crippen LogP contribution in [-0.4, -0.2) is 60.3 Å². The van der Waals surface area contributed by atoms with Gasteiger partial charge >= 0.3 is 23.9 Å². The standard InChI is InChI=1S/C13H22O8S2/c1-2-3-4-6-18-12(17)13(19-7-5-14,20-10(15)8-22)21-11(16)9-23/h14,22-23H,2-9H2,1H3. The van der Waals surface area contributed by atoms with E-state index in [0.717, 1.165) is 12.8 Å². The Labute approximate surface area is 145 Å². The Morgan fingerprint density at radius 1 is 1.00 bits per heavy atom. The molecule has 0 aromatic rings. The molecule has 1 N–H and O–H groups in total. The zero-order chi connectivity index (χ0) is 17.7. The van der Waals surface area contributed by atoms with Gasteiger partial charge in [-0.3, -0.25) is 14.3 Å². The van der Waals surface area contributed by atoms with E-state index >= 15 is 0 Å². The minimum atomic E-state index is -2.71. The van der Waals surface area contributed by atoms with Gasteiger partial charge in [0.15, 0.2) is 0 Å². The van der Waals surface area contributed by atoms with Gasteiger partial charge in [-0.15, -0.1) is 0 Å². The second-order valence-electron chi connectivity index (χ2n) is 4.24. The third kappa shape index (κ3) is 8.45. The number of carbonyl (C=O) groups excluding carboxylic acids is 3. The first-order valence-corrected chi connectivity index (χ1v) is 8.29. The van der Waals surface area contributed by atoms with Crippen LogP contribution in [0.5, 0.6) is 0 Å². The molecule has 134 valence electrons. The van der Waals surface area contributed by atoms with Crippen LogP contribution >= 0.6 is 25.3 Å². The van der Waals surface area contributed by atoms with Crippen molar-refractivity contribution < 1.29 is 38.4 Å². The van der Waals surface area contributed by atoms with Gasteiger partial charge in [0, 0.05) is 0 Å². The second kappa shape index (κ2) is 12.5. The van der Waals surface area contributed by atoms with Crippen molar-refractivity contribution in [3.05, 3.63) is 0 Å². The van der Waals surface area contributed by atoms with Gasteiger partial charge in [-0.2, -0.15) is 25.3 Å². The zero-order valence-corrected chi connectivity index (χ0v) is 14.6. The minimum absolute atomic E-state index is 0.0355. The molecule has 0 rings (SSSR count). The van der Waals surface area contributed by atoms with Gasteiger partial charge in [0.05, 0.1) is 31.3 Å². The number of hydrogen-bond acceptors (Lipinski definition) is 10. The summed E-state index contributed by atoms with van der Waals surface area (Å²) >= 11 is 7.42. The van der Waals surface area contributed by atoms with Crippen molar-refractivity contribution >= 4 is 43.2 Å². The van der Waals surface area contributed by atoms with E-state index in [2.05, 4.69) is 25.3 Å². The lowest BCUT2D eigenvalue weighted by Gasteiger charge is -2.29. The molecule has 0 unspecified atom stereocenters. The smallest absolute Gasteiger partial charge is 0.458 e. The summed E-state index contributed by atoms with van der Waals surface area (Å²) in [6.45, 7) is 1.08. The molecule has 0 bridgehead atoms. The third-order valence-corrected chi connectivity index (χ3v) is 2.89. The number of esters is 3. The predicted molar refractivity (Wildman–Crippen MR) is 86.1 cm³/mol. The topological polar surface area (TPSA) is 108 Å². The van der Waals surface area contributed by atoms with E-state index in [1.807, 2.05) is 6.92 Å². The molecule has 0 radical (unpaired) electrons. The predicted octanol–water partition coefficient (Wildman–Crippen LogP) is 0.328. The van der Waals surface area contributed by atoms with Gasteiger partial charge in [0.25, 0.3) is 0 Å². The Morgan fingerprint density at radius 2 is 1.57 bits per heavy atom. The summed E-state index contributed by atoms with van der Waals surface area (Å²) in [6, 6.07) is 0. The maximum atomic E-state index is 12.2. The summed E-state index contributed by atoms with van der Waals surface area (Å²) in [5.41, 5.74) is 0. The van der Waals surface area contributed by atoms with Gasteiger partial charge in [0.2, 0.25) is 0 Å². The first kappa shape index (κ1) is 22.0. The first-order valence-electron chi connectivity index (χ1n) is 7.03. The SMILES string of the molecule is CCCCCOC(=O)C(OCCO)(OC(=O)CS)OC(=O)CS. The molecule has 10 heteroatoms. The molecule has 0 aliphatic heterocycles. The molecule has 0 saturated carbocycles. The van der Waals surface area contributed by atoms with E-state index in [1.165, 1.54) is 0 Å². The van der Waals surface area contributed by atoms with Crippen molar-refractivity contribution in [2.24, 2.45) is 0 Å². The minimum Gasteiger partial charge on any atom is -0.458 e. The number of unbranched alkanes of at least 4 members (excludes halogenated alkanes) is 2. The Bertz CT molecular complexity index is 370. The van der Waals surface area contributed by atoms with Crippen LogP contribution < -0.4 is 0 Å². The monoisotopic (exact) mass is 370 g/mol. The summed E-state index contributed by atoms with van der Waals surface area (Å²) in [5.74, 6) is -6.62. The highest BCUT2D eigenvalue weighted by Gasteiger charge is 2.51. The van der Waals surface area contributed by atoms with Gasteiger partial charge in [-0.25, -0.2) is 4.79 Å². The average Bonchev–Trinajstić information content (AvgIpc) is 2.55. The summed E-state index contributed by atoms with van der Waals surface area (Å²) in [4.78, 5) is 35.2. The lowest BCUT2D eigenvalue weighted by molar-refractivity contribution is -0.334. The number of aliphatic hydroxyl groups is 1. The Hall–Kier alpha value is -0.970. The highest BCUT2D eigenvalue weighted by molar-refractivity contribution is 7.81. The summed E-state index contributed by atoms with van der Waals surface area (Å²) in [6.07, 6.45) is 2.32. The van der Waals surface area contributed by atoms with Gasteiger partial charge in [-0.1, -0.05) is 19.8 Å². The summed E-state index contributed by atoms with van der Waals surface area (Å²) in [7, 11) is 0. The van der Waals surface area contributed by atoms with Crippen LogP contribution in [0.15, 0.2) is 0 Å². The molecule has 0 aliphatic carbocycles. The zero-order valence-electron chi connectivity index (χ0n) is 12.9. The Morgan fingerprint density at radius 3 is 2.00 bits per heavy atom. The van der Waals surface area contributed by atoms with Crippen molar-refractivity contribution in [3.8, 4) is 0 Å². The second-order valence-corrected chi connectivity index (χ2v) is 4.87. The van der Waals surface area contributed by atoms with E-state index in [0.29, 0.717) is 6.42 Å². The fourth-order valence-electron chi connectivity index (χ4n) is 1.37. The molecular weight excluding hydrogens is 348 g/mol. The normalized spacial score (nSPS) is 11.0. The highest BCUT2D eigenvalue weighted by atomic mass is 32.1. The number of thiol groups is 2. The molecule has 0 aliphatic rings. The largest absolute Gasteiger partial charge is 0.481 e. The Balaban J connectivity index is 5.18. The van der Waals surface area contributed by atoms with Crippen molar-refractivity contribution in [1.29, 1.82) is 0 Å². The molecule has 0 amide bonds. The molecule has 0 aromatic heterocycles. The van der Waals surface area contributed by atoms with Crippen molar-refractivity contribution in [1.82, 2.24) is 0 Å². The molecule has 0 atom stereocenters. The third-order valence-electron chi connectivity index (χ3n) is 2.37.